The molecule has 6 heteroatoms. The molecule has 0 aliphatic carbocycles. The highest BCUT2D eigenvalue weighted by molar-refractivity contribution is 5.60. The molecule has 1 N–H and O–H groups in total. The van der Waals surface area contributed by atoms with Crippen LogP contribution in [0.2, 0.25) is 0 Å². The lowest BCUT2D eigenvalue weighted by molar-refractivity contribution is 0.446. The fourth-order valence-electron chi connectivity index (χ4n) is 1.56. The molecule has 1 aromatic heterocycles. The van der Waals surface area contributed by atoms with Gasteiger partial charge in [-0.15, -0.1) is 0 Å². The first-order valence-corrected chi connectivity index (χ1v) is 5.42. The number of rotatable bonds is 4. The average molecular weight is 256 g/mol. The van der Waals surface area contributed by atoms with Crippen LogP contribution in [-0.4, -0.2) is 11.5 Å². The SMILES string of the molecule is CCNCc1ncoc1-c1ccc(F)c(F)c1F. The summed E-state index contributed by atoms with van der Waals surface area (Å²) in [5, 5.41) is 2.99. The second kappa shape index (κ2) is 5.22. The van der Waals surface area contributed by atoms with Crippen molar-refractivity contribution in [2.45, 2.75) is 13.5 Å². The van der Waals surface area contributed by atoms with Gasteiger partial charge in [0.25, 0.3) is 0 Å². The Kier molecular flexibility index (Phi) is 3.66. The molecule has 0 aliphatic heterocycles. The summed E-state index contributed by atoms with van der Waals surface area (Å²) in [5.41, 5.74) is 0.307. The number of nitrogens with zero attached hydrogens (tertiary/aromatic N) is 1. The van der Waals surface area contributed by atoms with Gasteiger partial charge >= 0.3 is 0 Å². The van der Waals surface area contributed by atoms with Crippen LogP contribution in [0.5, 0.6) is 0 Å². The van der Waals surface area contributed by atoms with Crippen molar-refractivity contribution >= 4 is 0 Å². The smallest absolute Gasteiger partial charge is 0.195 e. The molecule has 18 heavy (non-hydrogen) atoms. The summed E-state index contributed by atoms with van der Waals surface area (Å²) in [6, 6.07) is 1.98. The molecule has 1 aromatic carbocycles. The minimum Gasteiger partial charge on any atom is -0.443 e. The third kappa shape index (κ3) is 2.24. The number of halogens is 3. The summed E-state index contributed by atoms with van der Waals surface area (Å²) in [4.78, 5) is 3.91. The molecule has 96 valence electrons. The molecule has 0 spiro atoms. The molecule has 0 saturated carbocycles. The van der Waals surface area contributed by atoms with Crippen molar-refractivity contribution in [3.63, 3.8) is 0 Å². The van der Waals surface area contributed by atoms with Crippen LogP contribution in [0, 0.1) is 17.5 Å². The summed E-state index contributed by atoms with van der Waals surface area (Å²) in [5.74, 6) is -3.92. The average Bonchev–Trinajstić information content (AvgIpc) is 2.82. The standard InChI is InChI=1S/C12H11F3N2O/c1-2-16-5-9-12(18-6-17-9)7-3-4-8(13)11(15)10(7)14/h3-4,6,16H,2,5H2,1H3. The van der Waals surface area contributed by atoms with E-state index in [1.54, 1.807) is 0 Å². The molecule has 2 rings (SSSR count). The van der Waals surface area contributed by atoms with Crippen molar-refractivity contribution in [2.75, 3.05) is 6.54 Å². The Bertz CT molecular complexity index is 554. The highest BCUT2D eigenvalue weighted by atomic mass is 19.2. The number of oxazole rings is 1. The zero-order chi connectivity index (χ0) is 13.1. The van der Waals surface area contributed by atoms with Gasteiger partial charge in [-0.1, -0.05) is 6.92 Å². The van der Waals surface area contributed by atoms with Crippen molar-refractivity contribution in [3.8, 4) is 11.3 Å². The van der Waals surface area contributed by atoms with E-state index in [9.17, 15) is 13.2 Å². The van der Waals surface area contributed by atoms with E-state index in [4.69, 9.17) is 4.42 Å². The fraction of sp³-hybridized carbons (Fsp3) is 0.250. The first kappa shape index (κ1) is 12.6. The van der Waals surface area contributed by atoms with Crippen LogP contribution in [0.15, 0.2) is 22.9 Å². The fourth-order valence-corrected chi connectivity index (χ4v) is 1.56. The third-order valence-electron chi connectivity index (χ3n) is 2.46. The van der Waals surface area contributed by atoms with E-state index in [1.807, 2.05) is 6.92 Å². The van der Waals surface area contributed by atoms with Crippen LogP contribution in [0.25, 0.3) is 11.3 Å². The van der Waals surface area contributed by atoms with Gasteiger partial charge in [0, 0.05) is 6.54 Å². The van der Waals surface area contributed by atoms with Crippen LogP contribution in [-0.2, 0) is 6.54 Å². The zero-order valence-corrected chi connectivity index (χ0v) is 9.64. The van der Waals surface area contributed by atoms with Gasteiger partial charge in [-0.2, -0.15) is 0 Å². The van der Waals surface area contributed by atoms with Crippen LogP contribution in [0.3, 0.4) is 0 Å². The molecule has 2 aromatic rings. The van der Waals surface area contributed by atoms with E-state index >= 15 is 0 Å². The van der Waals surface area contributed by atoms with Gasteiger partial charge in [-0.3, -0.25) is 0 Å². The molecule has 0 unspecified atom stereocenters. The Morgan fingerprint density at radius 2 is 2.00 bits per heavy atom. The van der Waals surface area contributed by atoms with E-state index in [0.717, 1.165) is 18.5 Å². The molecule has 1 heterocycles. The summed E-state index contributed by atoms with van der Waals surface area (Å²) in [6.07, 6.45) is 1.14. The van der Waals surface area contributed by atoms with Gasteiger partial charge in [0.2, 0.25) is 0 Å². The summed E-state index contributed by atoms with van der Waals surface area (Å²) >= 11 is 0. The van der Waals surface area contributed by atoms with Crippen molar-refractivity contribution in [1.29, 1.82) is 0 Å². The van der Waals surface area contributed by atoms with E-state index in [2.05, 4.69) is 10.3 Å². The van der Waals surface area contributed by atoms with Crippen molar-refractivity contribution < 1.29 is 17.6 Å². The first-order valence-electron chi connectivity index (χ1n) is 5.42. The second-order valence-corrected chi connectivity index (χ2v) is 3.63. The summed E-state index contributed by atoms with van der Waals surface area (Å²) in [6.45, 7) is 2.96. The van der Waals surface area contributed by atoms with E-state index < -0.39 is 17.5 Å². The van der Waals surface area contributed by atoms with Gasteiger partial charge in [-0.25, -0.2) is 18.2 Å². The number of benzene rings is 1. The minimum absolute atomic E-state index is 0.104. The number of hydrogen-bond donors (Lipinski definition) is 1. The Hall–Kier alpha value is -1.82. The van der Waals surface area contributed by atoms with Gasteiger partial charge in [0.1, 0.15) is 5.69 Å². The lowest BCUT2D eigenvalue weighted by atomic mass is 10.1. The molecule has 0 fully saturated rings. The zero-order valence-electron chi connectivity index (χ0n) is 9.64. The van der Waals surface area contributed by atoms with Crippen LogP contribution in [0.1, 0.15) is 12.6 Å². The van der Waals surface area contributed by atoms with Gasteiger partial charge in [-0.05, 0) is 18.7 Å². The maximum atomic E-state index is 13.6. The number of hydrogen-bond acceptors (Lipinski definition) is 3. The minimum atomic E-state index is -1.52. The van der Waals surface area contributed by atoms with Crippen LogP contribution in [0.4, 0.5) is 13.2 Å². The quantitative estimate of drug-likeness (QED) is 0.855. The molecule has 0 bridgehead atoms. The molecule has 0 amide bonds. The number of aromatic nitrogens is 1. The van der Waals surface area contributed by atoms with Crippen LogP contribution >= 0.6 is 0 Å². The third-order valence-corrected chi connectivity index (χ3v) is 2.46. The topological polar surface area (TPSA) is 38.1 Å². The monoisotopic (exact) mass is 256 g/mol. The molecule has 0 radical (unpaired) electrons. The Labute approximate surface area is 102 Å². The van der Waals surface area contributed by atoms with Gasteiger partial charge < -0.3 is 9.73 Å². The highest BCUT2D eigenvalue weighted by Gasteiger charge is 2.19. The summed E-state index contributed by atoms with van der Waals surface area (Å²) in [7, 11) is 0. The Morgan fingerprint density at radius 3 is 2.72 bits per heavy atom. The second-order valence-electron chi connectivity index (χ2n) is 3.63. The van der Waals surface area contributed by atoms with Gasteiger partial charge in [0.05, 0.1) is 5.56 Å². The van der Waals surface area contributed by atoms with Crippen LogP contribution < -0.4 is 5.32 Å². The van der Waals surface area contributed by atoms with Gasteiger partial charge in [0.15, 0.2) is 29.6 Å². The predicted molar refractivity (Wildman–Crippen MR) is 59.2 cm³/mol. The maximum absolute atomic E-state index is 13.6. The lowest BCUT2D eigenvalue weighted by Gasteiger charge is -2.04. The van der Waals surface area contributed by atoms with E-state index in [-0.39, 0.29) is 11.3 Å². The number of nitrogens with one attached hydrogen (secondary N) is 1. The largest absolute Gasteiger partial charge is 0.443 e. The highest BCUT2D eigenvalue weighted by Crippen LogP contribution is 2.28. The lowest BCUT2D eigenvalue weighted by Crippen LogP contribution is -2.12. The molecular weight excluding hydrogens is 245 g/mol. The Balaban J connectivity index is 2.43. The Morgan fingerprint density at radius 1 is 1.22 bits per heavy atom. The normalized spacial score (nSPS) is 10.9. The van der Waals surface area contributed by atoms with Crippen molar-refractivity contribution in [3.05, 3.63) is 41.7 Å². The van der Waals surface area contributed by atoms with E-state index in [1.165, 1.54) is 0 Å². The summed E-state index contributed by atoms with van der Waals surface area (Å²) < 4.78 is 44.6. The maximum Gasteiger partial charge on any atom is 0.195 e. The van der Waals surface area contributed by atoms with Crippen molar-refractivity contribution in [1.82, 2.24) is 10.3 Å². The molecule has 0 saturated heterocycles. The first-order chi connectivity index (χ1) is 8.65. The molecule has 0 aliphatic rings. The van der Waals surface area contributed by atoms with E-state index in [0.29, 0.717) is 18.8 Å². The van der Waals surface area contributed by atoms with Crippen molar-refractivity contribution in [2.24, 2.45) is 0 Å². The predicted octanol–water partition coefficient (Wildman–Crippen LogP) is 2.87. The molecule has 3 nitrogen and oxygen atoms in total. The molecular formula is C12H11F3N2O. The molecule has 0 atom stereocenters.